The van der Waals surface area contributed by atoms with Gasteiger partial charge in [0.25, 0.3) is 5.91 Å². The highest BCUT2D eigenvalue weighted by Crippen LogP contribution is 2.20. The van der Waals surface area contributed by atoms with Crippen molar-refractivity contribution in [1.82, 2.24) is 5.32 Å². The van der Waals surface area contributed by atoms with Crippen molar-refractivity contribution in [3.05, 3.63) is 29.8 Å². The van der Waals surface area contributed by atoms with Gasteiger partial charge in [-0.1, -0.05) is 18.2 Å². The monoisotopic (exact) mass is 205 g/mol. The van der Waals surface area contributed by atoms with Crippen molar-refractivity contribution < 1.29 is 14.3 Å². The second-order valence-electron chi connectivity index (χ2n) is 3.49. The second-order valence-corrected chi connectivity index (χ2v) is 3.49. The predicted octanol–water partition coefficient (Wildman–Crippen LogP) is 0.789. The zero-order valence-corrected chi connectivity index (χ0v) is 8.32. The number of hydrogen-bond donors (Lipinski definition) is 1. The zero-order valence-electron chi connectivity index (χ0n) is 8.32. The lowest BCUT2D eigenvalue weighted by molar-refractivity contribution is -0.127. The molecule has 1 aromatic carbocycles. The van der Waals surface area contributed by atoms with E-state index in [1.807, 2.05) is 25.1 Å². The van der Waals surface area contributed by atoms with Gasteiger partial charge in [-0.25, -0.2) is 0 Å². The Bertz CT molecular complexity index is 414. The van der Waals surface area contributed by atoms with Crippen LogP contribution in [0.3, 0.4) is 0 Å². The molecule has 0 aromatic heterocycles. The molecule has 1 aliphatic heterocycles. The van der Waals surface area contributed by atoms with Gasteiger partial charge in [-0.05, 0) is 18.6 Å². The smallest absolute Gasteiger partial charge is 0.268 e. The van der Waals surface area contributed by atoms with Crippen LogP contribution in [0.1, 0.15) is 12.0 Å². The SMILES string of the molecule is Cc1ccccc1OC1CC(=O)NC1=O. The number of aryl methyl sites for hydroxylation is 1. The van der Waals surface area contributed by atoms with Crippen LogP contribution in [0.4, 0.5) is 0 Å². The van der Waals surface area contributed by atoms with E-state index in [4.69, 9.17) is 4.74 Å². The predicted molar refractivity (Wildman–Crippen MR) is 53.4 cm³/mol. The summed E-state index contributed by atoms with van der Waals surface area (Å²) in [4.78, 5) is 22.2. The third-order valence-electron chi connectivity index (χ3n) is 2.29. The number of carbonyl (C=O) groups is 2. The minimum absolute atomic E-state index is 0.104. The highest BCUT2D eigenvalue weighted by Gasteiger charge is 2.32. The summed E-state index contributed by atoms with van der Waals surface area (Å²) in [6.07, 6.45) is -0.578. The Balaban J connectivity index is 2.13. The average Bonchev–Trinajstić information content (AvgIpc) is 2.49. The summed E-state index contributed by atoms with van der Waals surface area (Å²) in [5.41, 5.74) is 0.949. The first kappa shape index (κ1) is 9.71. The Labute approximate surface area is 87.2 Å². The molecule has 0 radical (unpaired) electrons. The molecular formula is C11H11NO3. The number of para-hydroxylation sites is 1. The molecule has 0 spiro atoms. The van der Waals surface area contributed by atoms with E-state index in [9.17, 15) is 9.59 Å². The third-order valence-corrected chi connectivity index (χ3v) is 2.29. The van der Waals surface area contributed by atoms with Gasteiger partial charge in [0.2, 0.25) is 5.91 Å². The standard InChI is InChI=1S/C11H11NO3/c1-7-4-2-3-5-8(7)15-9-6-10(13)12-11(9)14/h2-5,9H,6H2,1H3,(H,12,13,14). The number of imide groups is 1. The fraction of sp³-hybridized carbons (Fsp3) is 0.273. The Morgan fingerprint density at radius 3 is 2.67 bits per heavy atom. The molecule has 2 rings (SSSR count). The van der Waals surface area contributed by atoms with Crippen molar-refractivity contribution in [3.8, 4) is 5.75 Å². The summed E-state index contributed by atoms with van der Waals surface area (Å²) in [6, 6.07) is 7.40. The molecule has 1 heterocycles. The third kappa shape index (κ3) is 1.98. The molecule has 1 saturated heterocycles. The van der Waals surface area contributed by atoms with Gasteiger partial charge in [0, 0.05) is 0 Å². The number of hydrogen-bond acceptors (Lipinski definition) is 3. The molecule has 1 fully saturated rings. The number of nitrogens with one attached hydrogen (secondary N) is 1. The van der Waals surface area contributed by atoms with Crippen molar-refractivity contribution in [3.63, 3.8) is 0 Å². The van der Waals surface area contributed by atoms with Crippen LogP contribution in [0.2, 0.25) is 0 Å². The molecule has 1 aromatic rings. The lowest BCUT2D eigenvalue weighted by Crippen LogP contribution is -2.28. The molecule has 4 heteroatoms. The van der Waals surface area contributed by atoms with E-state index in [0.717, 1.165) is 5.56 Å². The molecule has 0 aliphatic carbocycles. The molecule has 1 unspecified atom stereocenters. The molecule has 1 atom stereocenters. The van der Waals surface area contributed by atoms with Crippen LogP contribution in [-0.2, 0) is 9.59 Å². The van der Waals surface area contributed by atoms with Crippen molar-refractivity contribution in [2.24, 2.45) is 0 Å². The van der Waals surface area contributed by atoms with Gasteiger partial charge < -0.3 is 4.74 Å². The van der Waals surface area contributed by atoms with E-state index >= 15 is 0 Å². The van der Waals surface area contributed by atoms with Gasteiger partial charge in [-0.3, -0.25) is 14.9 Å². The number of rotatable bonds is 2. The first-order valence-electron chi connectivity index (χ1n) is 4.73. The molecule has 2 amide bonds. The summed E-state index contributed by atoms with van der Waals surface area (Å²) >= 11 is 0. The Morgan fingerprint density at radius 1 is 1.33 bits per heavy atom. The molecule has 78 valence electrons. The molecule has 1 aliphatic rings. The average molecular weight is 205 g/mol. The molecular weight excluding hydrogens is 194 g/mol. The van der Waals surface area contributed by atoms with E-state index in [-0.39, 0.29) is 18.2 Å². The Morgan fingerprint density at radius 2 is 2.07 bits per heavy atom. The minimum atomic E-state index is -0.682. The van der Waals surface area contributed by atoms with Crippen LogP contribution in [-0.4, -0.2) is 17.9 Å². The summed E-state index contributed by atoms with van der Waals surface area (Å²) in [6.45, 7) is 1.89. The first-order valence-corrected chi connectivity index (χ1v) is 4.73. The first-order chi connectivity index (χ1) is 7.16. The summed E-state index contributed by atoms with van der Waals surface area (Å²) in [7, 11) is 0. The summed E-state index contributed by atoms with van der Waals surface area (Å²) < 4.78 is 5.46. The van der Waals surface area contributed by atoms with Crippen LogP contribution in [0.25, 0.3) is 0 Å². The van der Waals surface area contributed by atoms with E-state index in [1.165, 1.54) is 0 Å². The summed E-state index contributed by atoms with van der Waals surface area (Å²) in [5, 5.41) is 2.20. The second kappa shape index (κ2) is 3.73. The number of benzene rings is 1. The van der Waals surface area contributed by atoms with Crippen molar-refractivity contribution in [2.75, 3.05) is 0 Å². The topological polar surface area (TPSA) is 55.4 Å². The van der Waals surface area contributed by atoms with Crippen molar-refractivity contribution in [1.29, 1.82) is 0 Å². The molecule has 15 heavy (non-hydrogen) atoms. The Kier molecular flexibility index (Phi) is 2.41. The number of amides is 2. The van der Waals surface area contributed by atoms with Crippen molar-refractivity contribution in [2.45, 2.75) is 19.4 Å². The van der Waals surface area contributed by atoms with E-state index in [2.05, 4.69) is 5.32 Å². The maximum absolute atomic E-state index is 11.2. The van der Waals surface area contributed by atoms with Crippen LogP contribution in [0.5, 0.6) is 5.75 Å². The van der Waals surface area contributed by atoms with E-state index in [1.54, 1.807) is 6.07 Å². The largest absolute Gasteiger partial charge is 0.480 e. The maximum Gasteiger partial charge on any atom is 0.268 e. The number of carbonyl (C=O) groups excluding carboxylic acids is 2. The lowest BCUT2D eigenvalue weighted by atomic mass is 10.2. The zero-order chi connectivity index (χ0) is 10.8. The quantitative estimate of drug-likeness (QED) is 0.726. The Hall–Kier alpha value is -1.84. The van der Waals surface area contributed by atoms with Gasteiger partial charge in [-0.2, -0.15) is 0 Å². The highest BCUT2D eigenvalue weighted by molar-refractivity contribution is 6.05. The molecule has 0 saturated carbocycles. The molecule has 4 nitrogen and oxygen atoms in total. The lowest BCUT2D eigenvalue weighted by Gasteiger charge is -2.11. The minimum Gasteiger partial charge on any atom is -0.480 e. The van der Waals surface area contributed by atoms with Gasteiger partial charge in [-0.15, -0.1) is 0 Å². The van der Waals surface area contributed by atoms with E-state index < -0.39 is 6.10 Å². The van der Waals surface area contributed by atoms with E-state index in [0.29, 0.717) is 5.75 Å². The van der Waals surface area contributed by atoms with Gasteiger partial charge in [0.15, 0.2) is 6.10 Å². The highest BCUT2D eigenvalue weighted by atomic mass is 16.5. The van der Waals surface area contributed by atoms with Gasteiger partial charge in [0.05, 0.1) is 6.42 Å². The molecule has 0 bridgehead atoms. The fourth-order valence-electron chi connectivity index (χ4n) is 1.47. The van der Waals surface area contributed by atoms with Crippen LogP contribution >= 0.6 is 0 Å². The fourth-order valence-corrected chi connectivity index (χ4v) is 1.47. The van der Waals surface area contributed by atoms with Gasteiger partial charge >= 0.3 is 0 Å². The van der Waals surface area contributed by atoms with Crippen LogP contribution < -0.4 is 10.1 Å². The number of ether oxygens (including phenoxy) is 1. The van der Waals surface area contributed by atoms with Gasteiger partial charge in [0.1, 0.15) is 5.75 Å². The van der Waals surface area contributed by atoms with Crippen LogP contribution in [0, 0.1) is 6.92 Å². The summed E-state index contributed by atoms with van der Waals surface area (Å²) in [5.74, 6) is 0.00851. The normalized spacial score (nSPS) is 20.2. The van der Waals surface area contributed by atoms with Crippen LogP contribution in [0.15, 0.2) is 24.3 Å². The molecule has 1 N–H and O–H groups in total. The van der Waals surface area contributed by atoms with Crippen molar-refractivity contribution >= 4 is 11.8 Å². The maximum atomic E-state index is 11.2.